The summed E-state index contributed by atoms with van der Waals surface area (Å²) in [6, 6.07) is 2.41. The summed E-state index contributed by atoms with van der Waals surface area (Å²) in [6.45, 7) is 5.11. The van der Waals surface area contributed by atoms with Crippen LogP contribution in [0, 0.1) is 0 Å². The van der Waals surface area contributed by atoms with Crippen molar-refractivity contribution in [3.05, 3.63) is 17.0 Å². The summed E-state index contributed by atoms with van der Waals surface area (Å²) in [6.07, 6.45) is -0.629. The molecule has 0 saturated carbocycles. The van der Waals surface area contributed by atoms with E-state index in [-0.39, 0.29) is 11.5 Å². The molecule has 0 fully saturated rings. The van der Waals surface area contributed by atoms with E-state index >= 15 is 0 Å². The first kappa shape index (κ1) is 18.2. The van der Waals surface area contributed by atoms with Crippen molar-refractivity contribution in [2.45, 2.75) is 38.8 Å². The molecule has 5 N–H and O–H groups in total. The number of carbonyl (C=O) groups is 2. The lowest BCUT2D eigenvalue weighted by atomic mass is 10.2. The van der Waals surface area contributed by atoms with Crippen LogP contribution in [0.25, 0.3) is 0 Å². The number of aliphatic carboxylic acids is 1. The zero-order valence-corrected chi connectivity index (χ0v) is 14.1. The van der Waals surface area contributed by atoms with Gasteiger partial charge in [-0.25, -0.2) is 9.59 Å². The topological polar surface area (TPSA) is 114 Å². The molecule has 9 heteroatoms. The second kappa shape index (κ2) is 7.41. The minimum absolute atomic E-state index is 0.134. The molecule has 22 heavy (non-hydrogen) atoms. The van der Waals surface area contributed by atoms with Gasteiger partial charge in [0.25, 0.3) is 0 Å². The highest BCUT2D eigenvalue weighted by Gasteiger charge is 2.24. The monoisotopic (exact) mass is 345 g/mol. The van der Waals surface area contributed by atoms with Crippen molar-refractivity contribution in [3.63, 3.8) is 0 Å². The normalized spacial score (nSPS) is 12.3. The summed E-state index contributed by atoms with van der Waals surface area (Å²) in [5, 5.41) is 15.2. The summed E-state index contributed by atoms with van der Waals surface area (Å²) in [4.78, 5) is 23.7. The summed E-state index contributed by atoms with van der Waals surface area (Å²) >= 11 is 6.04. The van der Waals surface area contributed by atoms with Gasteiger partial charge in [-0.1, -0.05) is 0 Å². The van der Waals surface area contributed by atoms with Crippen molar-refractivity contribution in [2.75, 3.05) is 5.32 Å². The van der Waals surface area contributed by atoms with Gasteiger partial charge in [0.1, 0.15) is 11.6 Å². The molecule has 1 aromatic rings. The van der Waals surface area contributed by atoms with Gasteiger partial charge in [-0.15, -0.1) is 11.3 Å². The van der Waals surface area contributed by atoms with Crippen LogP contribution in [0.15, 0.2) is 12.1 Å². The van der Waals surface area contributed by atoms with Gasteiger partial charge in [0.05, 0.1) is 5.00 Å². The molecule has 0 saturated heterocycles. The van der Waals surface area contributed by atoms with Crippen LogP contribution in [0.5, 0.6) is 0 Å². The third-order valence-electron chi connectivity index (χ3n) is 2.30. The Morgan fingerprint density at radius 1 is 1.45 bits per heavy atom. The molecule has 1 aromatic heterocycles. The molecule has 0 aliphatic rings. The summed E-state index contributed by atoms with van der Waals surface area (Å²) < 4.78 is 5.06. The first-order valence-corrected chi connectivity index (χ1v) is 7.67. The van der Waals surface area contributed by atoms with E-state index in [2.05, 4.69) is 10.6 Å². The van der Waals surface area contributed by atoms with E-state index in [0.717, 1.165) is 4.88 Å². The predicted molar refractivity (Wildman–Crippen MR) is 89.2 cm³/mol. The highest BCUT2D eigenvalue weighted by atomic mass is 32.1. The maximum Gasteiger partial charge on any atom is 0.408 e. The molecule has 1 unspecified atom stereocenters. The molecule has 122 valence electrons. The molecular formula is C13H19N3O4S2. The van der Waals surface area contributed by atoms with Crippen molar-refractivity contribution in [2.24, 2.45) is 5.73 Å². The first-order valence-electron chi connectivity index (χ1n) is 6.44. The lowest BCUT2D eigenvalue weighted by Gasteiger charge is -2.21. The third-order valence-corrected chi connectivity index (χ3v) is 3.43. The van der Waals surface area contributed by atoms with E-state index in [9.17, 15) is 14.7 Å². The van der Waals surface area contributed by atoms with E-state index in [1.165, 1.54) is 11.3 Å². The average molecular weight is 345 g/mol. The Hall–Kier alpha value is -1.87. The largest absolute Gasteiger partial charge is 0.480 e. The predicted octanol–water partition coefficient (Wildman–Crippen LogP) is 1.92. The highest BCUT2D eigenvalue weighted by molar-refractivity contribution is 7.80. The fourth-order valence-corrected chi connectivity index (χ4v) is 2.67. The lowest BCUT2D eigenvalue weighted by molar-refractivity contribution is -0.139. The molecule has 0 spiro atoms. The van der Waals surface area contributed by atoms with Crippen molar-refractivity contribution < 1.29 is 19.4 Å². The van der Waals surface area contributed by atoms with Gasteiger partial charge in [-0.3, -0.25) is 0 Å². The highest BCUT2D eigenvalue weighted by Crippen LogP contribution is 2.23. The maximum atomic E-state index is 11.7. The van der Waals surface area contributed by atoms with E-state index < -0.39 is 23.7 Å². The molecule has 1 amide bonds. The molecule has 0 radical (unpaired) electrons. The van der Waals surface area contributed by atoms with Gasteiger partial charge in [0.2, 0.25) is 0 Å². The number of amides is 1. The van der Waals surface area contributed by atoms with Crippen LogP contribution in [-0.2, 0) is 16.0 Å². The number of carbonyl (C=O) groups excluding carboxylic acids is 1. The average Bonchev–Trinajstić information content (AvgIpc) is 2.71. The number of anilines is 1. The van der Waals surface area contributed by atoms with Crippen LogP contribution in [0.2, 0.25) is 0 Å². The smallest absolute Gasteiger partial charge is 0.408 e. The summed E-state index contributed by atoms with van der Waals surface area (Å²) in [5.41, 5.74) is 4.68. The first-order chi connectivity index (χ1) is 10.1. The Kier molecular flexibility index (Phi) is 6.12. The fraction of sp³-hybridized carbons (Fsp3) is 0.462. The number of carboxylic acid groups (broad SMARTS) is 1. The van der Waals surface area contributed by atoms with Crippen LogP contribution < -0.4 is 16.4 Å². The minimum atomic E-state index is -1.14. The zero-order chi connectivity index (χ0) is 16.9. The number of ether oxygens (including phenoxy) is 1. The van der Waals surface area contributed by atoms with E-state index in [1.807, 2.05) is 0 Å². The number of thiophene rings is 1. The zero-order valence-electron chi connectivity index (χ0n) is 12.5. The van der Waals surface area contributed by atoms with E-state index in [1.54, 1.807) is 32.9 Å². The third kappa shape index (κ3) is 6.72. The molecule has 1 rings (SSSR count). The Bertz CT molecular complexity index is 566. The molecule has 7 nitrogen and oxygen atoms in total. The Morgan fingerprint density at radius 2 is 2.09 bits per heavy atom. The molecular weight excluding hydrogens is 326 g/mol. The summed E-state index contributed by atoms with van der Waals surface area (Å²) in [5.74, 6) is -1.14. The van der Waals surface area contributed by atoms with Crippen molar-refractivity contribution >= 4 is 45.7 Å². The second-order valence-electron chi connectivity index (χ2n) is 5.50. The van der Waals surface area contributed by atoms with Gasteiger partial charge in [-0.2, -0.15) is 0 Å². The van der Waals surface area contributed by atoms with Crippen LogP contribution in [0.4, 0.5) is 9.80 Å². The number of hydrogen-bond donors (Lipinski definition) is 4. The van der Waals surface area contributed by atoms with Crippen LogP contribution in [0.3, 0.4) is 0 Å². The van der Waals surface area contributed by atoms with Crippen LogP contribution in [0.1, 0.15) is 25.6 Å². The Balaban J connectivity index is 2.68. The van der Waals surface area contributed by atoms with Gasteiger partial charge in [0, 0.05) is 11.3 Å². The van der Waals surface area contributed by atoms with Crippen molar-refractivity contribution in [1.82, 2.24) is 5.32 Å². The van der Waals surface area contributed by atoms with Crippen molar-refractivity contribution in [3.8, 4) is 0 Å². The SMILES string of the molecule is CC(C)(C)OC(=O)NC(Cc1ccc(NC(N)=S)s1)C(=O)O. The molecule has 0 aliphatic carbocycles. The standard InChI is InChI=1S/C13H19N3O4S2/c1-13(2,3)20-12(19)15-8(10(17)18)6-7-4-5-9(22-7)16-11(14)21/h4-5,8H,6H2,1-3H3,(H,15,19)(H,17,18)(H3,14,16,21). The number of rotatable bonds is 5. The van der Waals surface area contributed by atoms with E-state index in [0.29, 0.717) is 5.00 Å². The second-order valence-corrected chi connectivity index (χ2v) is 7.10. The van der Waals surface area contributed by atoms with Crippen LogP contribution >= 0.6 is 23.6 Å². The maximum absolute atomic E-state index is 11.7. The number of nitrogens with one attached hydrogen (secondary N) is 2. The van der Waals surface area contributed by atoms with Gasteiger partial charge >= 0.3 is 12.1 Å². The lowest BCUT2D eigenvalue weighted by Crippen LogP contribution is -2.44. The molecule has 0 aliphatic heterocycles. The molecule has 0 bridgehead atoms. The number of thiocarbonyl (C=S) groups is 1. The minimum Gasteiger partial charge on any atom is -0.480 e. The number of carboxylic acids is 1. The Labute approximate surface area is 137 Å². The van der Waals surface area contributed by atoms with Crippen molar-refractivity contribution in [1.29, 1.82) is 0 Å². The van der Waals surface area contributed by atoms with E-state index in [4.69, 9.17) is 22.7 Å². The Morgan fingerprint density at radius 3 is 2.59 bits per heavy atom. The number of nitrogens with two attached hydrogens (primary N) is 1. The van der Waals surface area contributed by atoms with Gasteiger partial charge < -0.3 is 26.2 Å². The number of hydrogen-bond acceptors (Lipinski definition) is 5. The molecule has 0 aromatic carbocycles. The molecule has 1 atom stereocenters. The van der Waals surface area contributed by atoms with Crippen LogP contribution in [-0.4, -0.2) is 33.9 Å². The summed E-state index contributed by atoms with van der Waals surface area (Å²) in [7, 11) is 0. The quantitative estimate of drug-likeness (QED) is 0.603. The molecule has 1 heterocycles. The fourth-order valence-electron chi connectivity index (χ4n) is 1.53. The number of alkyl carbamates (subject to hydrolysis) is 1. The van der Waals surface area contributed by atoms with Gasteiger partial charge in [-0.05, 0) is 45.1 Å². The van der Waals surface area contributed by atoms with Gasteiger partial charge in [0.15, 0.2) is 5.11 Å².